The van der Waals surface area contributed by atoms with E-state index in [-0.39, 0.29) is 35.7 Å². The first-order chi connectivity index (χ1) is 17.0. The Morgan fingerprint density at radius 2 is 2.03 bits per heavy atom. The Labute approximate surface area is 204 Å². The van der Waals surface area contributed by atoms with Crippen molar-refractivity contribution in [1.29, 1.82) is 0 Å². The van der Waals surface area contributed by atoms with E-state index in [1.54, 1.807) is 12.3 Å². The Kier molecular flexibility index (Phi) is 4.89. The van der Waals surface area contributed by atoms with Gasteiger partial charge in [0.15, 0.2) is 0 Å². The molecule has 2 saturated heterocycles. The van der Waals surface area contributed by atoms with E-state index < -0.39 is 11.7 Å². The maximum absolute atomic E-state index is 15.7. The minimum Gasteiger partial charge on any atom is -0.464 e. The Hall–Kier alpha value is -2.67. The lowest BCUT2D eigenvalue weighted by molar-refractivity contribution is -0.132. The summed E-state index contributed by atoms with van der Waals surface area (Å²) in [6.45, 7) is 2.13. The molecule has 3 heterocycles. The van der Waals surface area contributed by atoms with E-state index in [1.807, 2.05) is 28.0 Å². The third-order valence-electron chi connectivity index (χ3n) is 8.90. The monoisotopic (exact) mass is 477 g/mol. The summed E-state index contributed by atoms with van der Waals surface area (Å²) in [5.74, 6) is 0.675. The van der Waals surface area contributed by atoms with Crippen molar-refractivity contribution in [2.75, 3.05) is 19.6 Å². The minimum atomic E-state index is -1.11. The molecule has 184 valence electrons. The van der Waals surface area contributed by atoms with Gasteiger partial charge in [-0.3, -0.25) is 14.9 Å². The van der Waals surface area contributed by atoms with Gasteiger partial charge < -0.3 is 14.2 Å². The second kappa shape index (κ2) is 7.92. The third-order valence-corrected chi connectivity index (χ3v) is 8.90. The van der Waals surface area contributed by atoms with Crippen LogP contribution in [0, 0.1) is 17.8 Å². The molecule has 7 rings (SSSR count). The number of nitrogens with one attached hydrogen (secondary N) is 1. The van der Waals surface area contributed by atoms with Crippen molar-refractivity contribution in [2.24, 2.45) is 17.8 Å². The molecule has 4 fully saturated rings. The molecule has 4 atom stereocenters. The number of hydrogen-bond donors (Lipinski definition) is 1. The predicted octanol–water partition coefficient (Wildman–Crippen LogP) is 4.11. The summed E-state index contributed by atoms with van der Waals surface area (Å²) in [5.41, 5.74) is 2.43. The molecule has 1 N–H and O–H groups in total. The molecule has 2 saturated carbocycles. The van der Waals surface area contributed by atoms with E-state index in [1.165, 1.54) is 0 Å². The number of rotatable bonds is 5. The van der Waals surface area contributed by atoms with E-state index in [2.05, 4.69) is 11.4 Å². The lowest BCUT2D eigenvalue weighted by Gasteiger charge is -2.36. The quantitative estimate of drug-likeness (QED) is 0.704. The number of alkyl halides is 1. The van der Waals surface area contributed by atoms with Crippen LogP contribution in [0.3, 0.4) is 0 Å². The van der Waals surface area contributed by atoms with Gasteiger partial charge >= 0.3 is 0 Å². The Bertz CT molecular complexity index is 1210. The standard InChI is InChI=1S/C28H32FN3O3/c29-23-14-20(19-4-6-24-21(13-19)8-12-35-24)3-5-22(23)25-30-28(9-10-28)27(34)32(25)16-17-7-11-31(15-17)26(33)18-1-2-18/h4,6,8,12-14,17-18,22-23,25,30H,1-3,5,7,9-11,15-16H2/t17-,22?,23?,25?/m1/s1. The summed E-state index contributed by atoms with van der Waals surface area (Å²) < 4.78 is 21.2. The summed E-state index contributed by atoms with van der Waals surface area (Å²) in [7, 11) is 0. The van der Waals surface area contributed by atoms with Crippen molar-refractivity contribution in [2.45, 2.75) is 62.8 Å². The summed E-state index contributed by atoms with van der Waals surface area (Å²) >= 11 is 0. The number of likely N-dealkylation sites (tertiary alicyclic amines) is 1. The van der Waals surface area contributed by atoms with Gasteiger partial charge in [0.1, 0.15) is 11.8 Å². The number of hydrogen-bond acceptors (Lipinski definition) is 4. The molecule has 35 heavy (non-hydrogen) atoms. The largest absolute Gasteiger partial charge is 0.464 e. The first kappa shape index (κ1) is 21.6. The molecule has 3 aliphatic carbocycles. The fourth-order valence-corrected chi connectivity index (χ4v) is 6.51. The van der Waals surface area contributed by atoms with Crippen LogP contribution in [0.25, 0.3) is 16.5 Å². The van der Waals surface area contributed by atoms with Gasteiger partial charge in [0.2, 0.25) is 11.8 Å². The number of halogens is 1. The highest BCUT2D eigenvalue weighted by atomic mass is 19.1. The Morgan fingerprint density at radius 3 is 2.80 bits per heavy atom. The van der Waals surface area contributed by atoms with Crippen LogP contribution < -0.4 is 5.32 Å². The molecule has 2 amide bonds. The first-order valence-corrected chi connectivity index (χ1v) is 13.2. The van der Waals surface area contributed by atoms with E-state index in [0.29, 0.717) is 13.0 Å². The van der Waals surface area contributed by atoms with Crippen molar-refractivity contribution in [3.63, 3.8) is 0 Å². The van der Waals surface area contributed by atoms with Crippen LogP contribution in [0.5, 0.6) is 0 Å². The average molecular weight is 478 g/mol. The summed E-state index contributed by atoms with van der Waals surface area (Å²) in [5, 5.41) is 4.59. The van der Waals surface area contributed by atoms with Crippen molar-refractivity contribution in [3.8, 4) is 0 Å². The molecule has 6 nitrogen and oxygen atoms in total. The maximum atomic E-state index is 15.7. The fourth-order valence-electron chi connectivity index (χ4n) is 6.51. The lowest BCUT2D eigenvalue weighted by Crippen LogP contribution is -2.49. The van der Waals surface area contributed by atoms with Crippen LogP contribution in [0.4, 0.5) is 4.39 Å². The maximum Gasteiger partial charge on any atom is 0.244 e. The Morgan fingerprint density at radius 1 is 1.17 bits per heavy atom. The summed E-state index contributed by atoms with van der Waals surface area (Å²) in [6, 6.07) is 7.94. The average Bonchev–Trinajstić information content (AvgIpc) is 3.74. The molecule has 1 aromatic heterocycles. The zero-order valence-corrected chi connectivity index (χ0v) is 19.9. The number of amides is 2. The minimum absolute atomic E-state index is 0.141. The van der Waals surface area contributed by atoms with Crippen LogP contribution in [0.2, 0.25) is 0 Å². The molecule has 1 spiro atoms. The van der Waals surface area contributed by atoms with E-state index in [9.17, 15) is 9.59 Å². The van der Waals surface area contributed by atoms with E-state index >= 15 is 4.39 Å². The number of carbonyl (C=O) groups excluding carboxylic acids is 2. The molecule has 2 aromatic rings. The molecule has 7 heteroatoms. The van der Waals surface area contributed by atoms with Gasteiger partial charge in [0.05, 0.1) is 18.0 Å². The Balaban J connectivity index is 1.08. The van der Waals surface area contributed by atoms with Crippen LogP contribution in [-0.2, 0) is 9.59 Å². The number of fused-ring (bicyclic) bond motifs is 1. The van der Waals surface area contributed by atoms with Crippen molar-refractivity contribution in [1.82, 2.24) is 15.1 Å². The number of nitrogens with zero attached hydrogens (tertiary/aromatic N) is 2. The number of allylic oxidation sites excluding steroid dienone is 2. The van der Waals surface area contributed by atoms with Crippen LogP contribution in [-0.4, -0.2) is 59.1 Å². The van der Waals surface area contributed by atoms with Gasteiger partial charge in [-0.1, -0.05) is 6.07 Å². The third kappa shape index (κ3) is 3.70. The van der Waals surface area contributed by atoms with Gasteiger partial charge in [-0.15, -0.1) is 0 Å². The van der Waals surface area contributed by atoms with Gasteiger partial charge in [0.25, 0.3) is 0 Å². The van der Waals surface area contributed by atoms with Crippen LogP contribution >= 0.6 is 0 Å². The highest BCUT2D eigenvalue weighted by Crippen LogP contribution is 2.46. The highest BCUT2D eigenvalue weighted by Gasteiger charge is 2.61. The predicted molar refractivity (Wildman–Crippen MR) is 130 cm³/mol. The van der Waals surface area contributed by atoms with Gasteiger partial charge in [-0.05, 0) is 86.3 Å². The summed E-state index contributed by atoms with van der Waals surface area (Å²) in [4.78, 5) is 29.8. The molecule has 5 aliphatic rings. The SMILES string of the molecule is O=C(C1CC1)N1CC[C@@H](CN2C(=O)C3(CC3)NC2C2CCC(c3ccc4occc4c3)=CC2F)C1. The highest BCUT2D eigenvalue weighted by molar-refractivity contribution is 5.92. The lowest BCUT2D eigenvalue weighted by atomic mass is 9.83. The second-order valence-electron chi connectivity index (χ2n) is 11.4. The molecule has 0 bridgehead atoms. The zero-order valence-electron chi connectivity index (χ0n) is 19.9. The van der Waals surface area contributed by atoms with E-state index in [4.69, 9.17) is 4.42 Å². The number of benzene rings is 1. The number of furan rings is 1. The molecular formula is C28H32FN3O3. The van der Waals surface area contributed by atoms with Crippen LogP contribution in [0.1, 0.15) is 50.5 Å². The van der Waals surface area contributed by atoms with Gasteiger partial charge in [-0.25, -0.2) is 4.39 Å². The molecule has 1 aromatic carbocycles. The van der Waals surface area contributed by atoms with E-state index in [0.717, 1.165) is 73.7 Å². The number of carbonyl (C=O) groups is 2. The fraction of sp³-hybridized carbons (Fsp3) is 0.571. The van der Waals surface area contributed by atoms with Gasteiger partial charge in [0, 0.05) is 36.9 Å². The van der Waals surface area contributed by atoms with Crippen LogP contribution in [0.15, 0.2) is 41.0 Å². The van der Waals surface area contributed by atoms with Crippen molar-refractivity contribution >= 4 is 28.4 Å². The van der Waals surface area contributed by atoms with Crippen molar-refractivity contribution in [3.05, 3.63) is 42.2 Å². The molecule has 3 unspecified atom stereocenters. The smallest absolute Gasteiger partial charge is 0.244 e. The molecular weight excluding hydrogens is 445 g/mol. The van der Waals surface area contributed by atoms with Crippen molar-refractivity contribution < 1.29 is 18.4 Å². The topological polar surface area (TPSA) is 65.8 Å². The normalized spacial score (nSPS) is 32.0. The molecule has 0 radical (unpaired) electrons. The first-order valence-electron chi connectivity index (χ1n) is 13.2. The summed E-state index contributed by atoms with van der Waals surface area (Å²) in [6.07, 6.45) is 8.17. The molecule has 2 aliphatic heterocycles. The zero-order chi connectivity index (χ0) is 23.7. The second-order valence-corrected chi connectivity index (χ2v) is 11.4. The van der Waals surface area contributed by atoms with Gasteiger partial charge in [-0.2, -0.15) is 0 Å².